The molecule has 0 unspecified atom stereocenters. The van der Waals surface area contributed by atoms with Gasteiger partial charge in [-0.2, -0.15) is 5.10 Å². The van der Waals surface area contributed by atoms with Crippen molar-refractivity contribution < 1.29 is 18.6 Å². The number of aromatic nitrogens is 4. The lowest BCUT2D eigenvalue weighted by Gasteiger charge is -2.26. The lowest BCUT2D eigenvalue weighted by Crippen LogP contribution is -2.23. The maximum atomic E-state index is 15.5. The van der Waals surface area contributed by atoms with Crippen molar-refractivity contribution in [3.8, 4) is 45.8 Å². The Hall–Kier alpha value is -5.63. The van der Waals surface area contributed by atoms with Crippen molar-refractivity contribution in [2.45, 2.75) is 85.7 Å². The highest BCUT2D eigenvalue weighted by Crippen LogP contribution is 2.41. The van der Waals surface area contributed by atoms with E-state index in [2.05, 4.69) is 76.4 Å². The van der Waals surface area contributed by atoms with Crippen molar-refractivity contribution in [3.63, 3.8) is 0 Å². The third-order valence-corrected chi connectivity index (χ3v) is 9.52. The molecule has 0 N–H and O–H groups in total. The molecular formula is C46H49FN4O3. The first-order chi connectivity index (χ1) is 25.4. The first kappa shape index (κ1) is 36.7. The summed E-state index contributed by atoms with van der Waals surface area (Å²) < 4.78 is 37.9. The normalized spacial score (nSPS) is 12.4. The van der Waals surface area contributed by atoms with Crippen molar-refractivity contribution in [1.29, 1.82) is 0 Å². The van der Waals surface area contributed by atoms with E-state index in [1.807, 2.05) is 70.2 Å². The second-order valence-corrected chi connectivity index (χ2v) is 17.0. The molecule has 7 aromatic rings. The molecule has 7 nitrogen and oxygen atoms in total. The molecular weight excluding hydrogens is 676 g/mol. The summed E-state index contributed by atoms with van der Waals surface area (Å²) in [4.78, 5) is 4.73. The summed E-state index contributed by atoms with van der Waals surface area (Å²) in [5, 5.41) is 7.01. The van der Waals surface area contributed by atoms with Crippen LogP contribution in [-0.4, -0.2) is 32.0 Å². The van der Waals surface area contributed by atoms with E-state index in [4.69, 9.17) is 24.3 Å². The summed E-state index contributed by atoms with van der Waals surface area (Å²) in [6, 6.07) is 29.2. The molecule has 0 bridgehead atoms. The minimum absolute atomic E-state index is 0.0689. The van der Waals surface area contributed by atoms with Gasteiger partial charge in [-0.25, -0.2) is 14.1 Å². The topological polar surface area (TPSA) is 63.3 Å². The van der Waals surface area contributed by atoms with E-state index in [0.717, 1.165) is 44.4 Å². The van der Waals surface area contributed by atoms with Crippen LogP contribution in [0.2, 0.25) is 0 Å². The van der Waals surface area contributed by atoms with E-state index < -0.39 is 5.82 Å². The molecule has 0 radical (unpaired) electrons. The molecule has 0 aliphatic heterocycles. The predicted molar refractivity (Wildman–Crippen MR) is 217 cm³/mol. The standard InChI is InChI=1S/C46H49FN4O3/c1-28-42(29-20-30(44(2,3)4)22-31(21-29)45(5,6)7)43(52-11)51(49-28)33-23-32(47)24-36(25-33)53-34-16-17-38-37-14-12-13-15-39(37)50(40(38)26-34)41-27-35(18-19-48-41)54-46(8,9)10/h12-27H,1-11H3. The van der Waals surface area contributed by atoms with Crippen LogP contribution in [-0.2, 0) is 10.8 Å². The Morgan fingerprint density at radius 2 is 1.35 bits per heavy atom. The Kier molecular flexibility index (Phi) is 9.07. The molecule has 0 amide bonds. The largest absolute Gasteiger partial charge is 0.488 e. The predicted octanol–water partition coefficient (Wildman–Crippen LogP) is 12.1. The molecule has 0 aliphatic carbocycles. The molecule has 0 saturated carbocycles. The van der Waals surface area contributed by atoms with Crippen LogP contribution in [0.15, 0.2) is 97.2 Å². The third-order valence-electron chi connectivity index (χ3n) is 9.52. The molecule has 3 aromatic heterocycles. The van der Waals surface area contributed by atoms with Crippen LogP contribution in [0.5, 0.6) is 23.1 Å². The maximum absolute atomic E-state index is 15.5. The summed E-state index contributed by atoms with van der Waals surface area (Å²) in [7, 11) is 1.62. The molecule has 4 aromatic carbocycles. The zero-order valence-electron chi connectivity index (χ0n) is 33.1. The number of benzene rings is 4. The van der Waals surface area contributed by atoms with Crippen LogP contribution in [0.1, 0.15) is 79.1 Å². The number of hydrogen-bond donors (Lipinski definition) is 0. The zero-order chi connectivity index (χ0) is 38.7. The highest BCUT2D eigenvalue weighted by molar-refractivity contribution is 6.09. The summed E-state index contributed by atoms with van der Waals surface area (Å²) in [6.07, 6.45) is 1.76. The number of para-hydroxylation sites is 1. The molecule has 0 spiro atoms. The van der Waals surface area contributed by atoms with E-state index >= 15 is 4.39 Å². The van der Waals surface area contributed by atoms with Crippen LogP contribution in [0.3, 0.4) is 0 Å². The summed E-state index contributed by atoms with van der Waals surface area (Å²) >= 11 is 0. The highest BCUT2D eigenvalue weighted by Gasteiger charge is 2.26. The molecule has 0 saturated heterocycles. The van der Waals surface area contributed by atoms with Gasteiger partial charge in [0, 0.05) is 41.2 Å². The number of ether oxygens (including phenoxy) is 3. The van der Waals surface area contributed by atoms with Crippen LogP contribution < -0.4 is 14.2 Å². The van der Waals surface area contributed by atoms with Gasteiger partial charge < -0.3 is 14.2 Å². The van der Waals surface area contributed by atoms with Gasteiger partial charge in [0.2, 0.25) is 5.88 Å². The molecule has 0 fully saturated rings. The maximum Gasteiger partial charge on any atom is 0.224 e. The average molecular weight is 725 g/mol. The summed E-state index contributed by atoms with van der Waals surface area (Å²) in [5.41, 5.74) is 6.96. The van der Waals surface area contributed by atoms with Crippen molar-refractivity contribution in [3.05, 3.63) is 120 Å². The Morgan fingerprint density at radius 1 is 0.667 bits per heavy atom. The quantitative estimate of drug-likeness (QED) is 0.164. The molecule has 0 aliphatic rings. The van der Waals surface area contributed by atoms with Gasteiger partial charge in [-0.3, -0.25) is 4.57 Å². The van der Waals surface area contributed by atoms with Crippen molar-refractivity contribution in [2.75, 3.05) is 7.11 Å². The lowest BCUT2D eigenvalue weighted by atomic mass is 9.79. The number of rotatable bonds is 7. The number of aryl methyl sites for hydroxylation is 1. The van der Waals surface area contributed by atoms with Crippen molar-refractivity contribution in [1.82, 2.24) is 19.3 Å². The first-order valence-electron chi connectivity index (χ1n) is 18.4. The van der Waals surface area contributed by atoms with E-state index in [1.54, 1.807) is 24.1 Å². The zero-order valence-corrected chi connectivity index (χ0v) is 33.1. The Balaban J connectivity index is 1.30. The Bertz CT molecular complexity index is 2490. The van der Waals surface area contributed by atoms with Gasteiger partial charge >= 0.3 is 0 Å². The molecule has 278 valence electrons. The SMILES string of the molecule is COc1c(-c2cc(C(C)(C)C)cc(C(C)(C)C)c2)c(C)nn1-c1cc(F)cc(Oc2ccc3c4ccccc4n(-c4cc(OC(C)(C)C)ccn4)c3c2)c1. The number of fused-ring (bicyclic) bond motifs is 3. The molecule has 3 heterocycles. The summed E-state index contributed by atoms with van der Waals surface area (Å²) in [6.45, 7) is 21.3. The van der Waals surface area contributed by atoms with E-state index in [-0.39, 0.29) is 16.4 Å². The first-order valence-corrected chi connectivity index (χ1v) is 18.4. The van der Waals surface area contributed by atoms with Gasteiger partial charge in [-0.15, -0.1) is 0 Å². The van der Waals surface area contributed by atoms with Gasteiger partial charge in [0.1, 0.15) is 34.5 Å². The third kappa shape index (κ3) is 7.17. The number of hydrogen-bond acceptors (Lipinski definition) is 5. The fourth-order valence-corrected chi connectivity index (χ4v) is 6.90. The van der Waals surface area contributed by atoms with E-state index in [9.17, 15) is 0 Å². The average Bonchev–Trinajstić information content (AvgIpc) is 3.60. The monoisotopic (exact) mass is 724 g/mol. The van der Waals surface area contributed by atoms with E-state index in [1.165, 1.54) is 23.3 Å². The van der Waals surface area contributed by atoms with Crippen molar-refractivity contribution >= 4 is 21.8 Å². The lowest BCUT2D eigenvalue weighted by molar-refractivity contribution is 0.131. The smallest absolute Gasteiger partial charge is 0.224 e. The number of pyridine rings is 1. The number of nitrogens with zero attached hydrogens (tertiary/aromatic N) is 4. The van der Waals surface area contributed by atoms with Crippen LogP contribution in [0.25, 0.3) is 44.4 Å². The van der Waals surface area contributed by atoms with Crippen LogP contribution in [0.4, 0.5) is 4.39 Å². The minimum atomic E-state index is -0.459. The summed E-state index contributed by atoms with van der Waals surface area (Å²) in [5.74, 6) is 2.37. The van der Waals surface area contributed by atoms with E-state index in [0.29, 0.717) is 28.9 Å². The highest BCUT2D eigenvalue weighted by atomic mass is 19.1. The van der Waals surface area contributed by atoms with Crippen molar-refractivity contribution in [2.24, 2.45) is 0 Å². The number of methoxy groups -OCH3 is 1. The van der Waals surface area contributed by atoms with Gasteiger partial charge in [0.25, 0.3) is 0 Å². The van der Waals surface area contributed by atoms with Gasteiger partial charge in [0.15, 0.2) is 0 Å². The second-order valence-electron chi connectivity index (χ2n) is 17.0. The van der Waals surface area contributed by atoms with Gasteiger partial charge in [-0.1, -0.05) is 77.9 Å². The Labute approximate surface area is 317 Å². The fourth-order valence-electron chi connectivity index (χ4n) is 6.90. The number of halogens is 1. The minimum Gasteiger partial charge on any atom is -0.488 e. The van der Waals surface area contributed by atoms with Gasteiger partial charge in [-0.05, 0) is 85.5 Å². The van der Waals surface area contributed by atoms with Crippen LogP contribution in [0, 0.1) is 12.7 Å². The van der Waals surface area contributed by atoms with Gasteiger partial charge in [0.05, 0.1) is 35.1 Å². The molecule has 54 heavy (non-hydrogen) atoms. The fraction of sp³-hybridized carbons (Fsp3) is 0.304. The second kappa shape index (κ2) is 13.3. The Morgan fingerprint density at radius 3 is 2.02 bits per heavy atom. The molecule has 7 rings (SSSR count). The molecule has 0 atom stereocenters. The molecule has 8 heteroatoms. The van der Waals surface area contributed by atoms with Crippen LogP contribution >= 0.6 is 0 Å².